The number of hydrogen-bond donors (Lipinski definition) is 0. The van der Waals surface area contributed by atoms with Gasteiger partial charge in [-0.3, -0.25) is 9.48 Å². The highest BCUT2D eigenvalue weighted by atomic mass is 16.5. The normalized spacial score (nSPS) is 11.6. The molecule has 2 aromatic carbocycles. The molecule has 33 heavy (non-hydrogen) atoms. The van der Waals surface area contributed by atoms with Crippen molar-refractivity contribution in [1.29, 1.82) is 0 Å². The molecule has 0 saturated heterocycles. The first-order valence-corrected chi connectivity index (χ1v) is 11.3. The summed E-state index contributed by atoms with van der Waals surface area (Å²) in [5.74, 6) is 2.05. The second-order valence-corrected chi connectivity index (χ2v) is 9.12. The van der Waals surface area contributed by atoms with Crippen molar-refractivity contribution in [2.24, 2.45) is 5.92 Å². The maximum atomic E-state index is 11.9. The van der Waals surface area contributed by atoms with Gasteiger partial charge in [0.1, 0.15) is 17.1 Å². The molecule has 176 valence electrons. The Hall–Kier alpha value is -3.12. The number of carbonyl (C=O) groups is 1. The summed E-state index contributed by atoms with van der Waals surface area (Å²) in [6.45, 7) is 10.8. The summed E-state index contributed by atoms with van der Waals surface area (Å²) in [7, 11) is 1.66. The number of ketones is 1. The van der Waals surface area contributed by atoms with Crippen molar-refractivity contribution in [3.8, 4) is 22.8 Å². The molecule has 0 unspecified atom stereocenters. The van der Waals surface area contributed by atoms with Crippen LogP contribution >= 0.6 is 0 Å². The molecule has 3 aromatic rings. The summed E-state index contributed by atoms with van der Waals surface area (Å²) < 4.78 is 19.2. The number of rotatable bonds is 11. The molecule has 0 spiro atoms. The third kappa shape index (κ3) is 6.68. The predicted molar refractivity (Wildman–Crippen MR) is 130 cm³/mol. The van der Waals surface area contributed by atoms with Crippen LogP contribution in [0.3, 0.4) is 0 Å². The van der Waals surface area contributed by atoms with E-state index in [4.69, 9.17) is 19.3 Å². The van der Waals surface area contributed by atoms with Crippen LogP contribution in [-0.2, 0) is 22.7 Å². The fourth-order valence-corrected chi connectivity index (χ4v) is 3.20. The molecule has 0 aliphatic heterocycles. The first kappa shape index (κ1) is 24.5. The van der Waals surface area contributed by atoms with Crippen LogP contribution in [0.4, 0.5) is 0 Å². The molecule has 0 N–H and O–H groups in total. The van der Waals surface area contributed by atoms with Gasteiger partial charge in [-0.15, -0.1) is 0 Å². The van der Waals surface area contributed by atoms with E-state index in [0.717, 1.165) is 34.0 Å². The molecule has 3 rings (SSSR count). The van der Waals surface area contributed by atoms with Gasteiger partial charge in [-0.05, 0) is 62.6 Å². The van der Waals surface area contributed by atoms with Gasteiger partial charge in [0.05, 0.1) is 38.3 Å². The Kier molecular flexibility index (Phi) is 7.92. The minimum atomic E-state index is -0.860. The van der Waals surface area contributed by atoms with E-state index < -0.39 is 5.60 Å². The van der Waals surface area contributed by atoms with Crippen LogP contribution in [0, 0.1) is 5.92 Å². The zero-order chi connectivity index (χ0) is 24.0. The topological polar surface area (TPSA) is 62.6 Å². The molecule has 0 fully saturated rings. The molecule has 6 heteroatoms. The average Bonchev–Trinajstić information content (AvgIpc) is 3.19. The Morgan fingerprint density at radius 3 is 2.48 bits per heavy atom. The van der Waals surface area contributed by atoms with Gasteiger partial charge in [-0.25, -0.2) is 0 Å². The lowest BCUT2D eigenvalue weighted by atomic mass is 10.1. The van der Waals surface area contributed by atoms with Crippen molar-refractivity contribution in [2.45, 2.75) is 53.4 Å². The van der Waals surface area contributed by atoms with Gasteiger partial charge in [-0.1, -0.05) is 38.1 Å². The Bertz CT molecular complexity index is 1090. The fraction of sp³-hybridized carbons (Fsp3) is 0.407. The molecular formula is C27H34N2O4. The molecule has 0 saturated carbocycles. The van der Waals surface area contributed by atoms with Crippen molar-refractivity contribution in [3.05, 3.63) is 65.9 Å². The minimum Gasteiger partial charge on any atom is -0.497 e. The van der Waals surface area contributed by atoms with Gasteiger partial charge in [0.2, 0.25) is 0 Å². The number of nitrogens with zero attached hydrogens (tertiary/aromatic N) is 2. The number of Topliss-reactive ketones (excluding diaryl/α,β-unsaturated/α-hetero) is 1. The SMILES string of the molecule is COc1cccc(Cn2nc(COC(C)(C)C(C)=O)cc2-c2cccc(OCC(C)C)c2)c1. The average molecular weight is 451 g/mol. The van der Waals surface area contributed by atoms with Gasteiger partial charge >= 0.3 is 0 Å². The monoisotopic (exact) mass is 450 g/mol. The number of benzene rings is 2. The Labute approximate surface area is 196 Å². The van der Waals surface area contributed by atoms with E-state index in [1.165, 1.54) is 6.92 Å². The summed E-state index contributed by atoms with van der Waals surface area (Å²) in [6.07, 6.45) is 0. The summed E-state index contributed by atoms with van der Waals surface area (Å²) in [6, 6.07) is 18.0. The van der Waals surface area contributed by atoms with Crippen LogP contribution in [0.2, 0.25) is 0 Å². The molecule has 0 bridgehead atoms. The number of aromatic nitrogens is 2. The highest BCUT2D eigenvalue weighted by Crippen LogP contribution is 2.27. The van der Waals surface area contributed by atoms with E-state index in [1.54, 1.807) is 21.0 Å². The lowest BCUT2D eigenvalue weighted by molar-refractivity contribution is -0.139. The van der Waals surface area contributed by atoms with Crippen molar-refractivity contribution in [1.82, 2.24) is 9.78 Å². The fourth-order valence-electron chi connectivity index (χ4n) is 3.20. The molecule has 0 amide bonds. The molecule has 0 atom stereocenters. The Morgan fingerprint density at radius 1 is 1.06 bits per heavy atom. The van der Waals surface area contributed by atoms with Gasteiger partial charge in [0.25, 0.3) is 0 Å². The molecule has 1 aromatic heterocycles. The van der Waals surface area contributed by atoms with Crippen LogP contribution in [-0.4, -0.2) is 34.9 Å². The lowest BCUT2D eigenvalue weighted by Crippen LogP contribution is -2.32. The predicted octanol–water partition coefficient (Wildman–Crippen LogP) is 5.53. The van der Waals surface area contributed by atoms with Crippen molar-refractivity contribution < 1.29 is 19.0 Å². The smallest absolute Gasteiger partial charge is 0.161 e. The molecule has 0 aliphatic carbocycles. The van der Waals surface area contributed by atoms with Gasteiger partial charge in [0.15, 0.2) is 5.78 Å². The maximum absolute atomic E-state index is 11.9. The highest BCUT2D eigenvalue weighted by molar-refractivity contribution is 5.83. The first-order valence-electron chi connectivity index (χ1n) is 11.3. The van der Waals surface area contributed by atoms with Crippen LogP contribution in [0.5, 0.6) is 11.5 Å². The van der Waals surface area contributed by atoms with Gasteiger partial charge in [-0.2, -0.15) is 5.10 Å². The second kappa shape index (κ2) is 10.7. The van der Waals surface area contributed by atoms with E-state index in [9.17, 15) is 4.79 Å². The summed E-state index contributed by atoms with van der Waals surface area (Å²) >= 11 is 0. The number of hydrogen-bond acceptors (Lipinski definition) is 5. The Balaban J connectivity index is 1.93. The number of carbonyl (C=O) groups excluding carboxylic acids is 1. The van der Waals surface area contributed by atoms with E-state index in [1.807, 2.05) is 59.3 Å². The lowest BCUT2D eigenvalue weighted by Gasteiger charge is -2.21. The molecular weight excluding hydrogens is 416 g/mol. The highest BCUT2D eigenvalue weighted by Gasteiger charge is 2.25. The van der Waals surface area contributed by atoms with Crippen LogP contribution in [0.25, 0.3) is 11.3 Å². The van der Waals surface area contributed by atoms with Gasteiger partial charge < -0.3 is 14.2 Å². The van der Waals surface area contributed by atoms with Crippen molar-refractivity contribution in [2.75, 3.05) is 13.7 Å². The third-order valence-corrected chi connectivity index (χ3v) is 5.44. The van der Waals surface area contributed by atoms with Gasteiger partial charge in [0, 0.05) is 5.56 Å². The number of methoxy groups -OCH3 is 1. The summed E-state index contributed by atoms with van der Waals surface area (Å²) in [4.78, 5) is 11.9. The van der Waals surface area contributed by atoms with E-state index in [0.29, 0.717) is 19.1 Å². The zero-order valence-corrected chi connectivity index (χ0v) is 20.4. The minimum absolute atomic E-state index is 0.0199. The van der Waals surface area contributed by atoms with E-state index in [-0.39, 0.29) is 12.4 Å². The molecule has 1 heterocycles. The number of ether oxygens (including phenoxy) is 3. The van der Waals surface area contributed by atoms with E-state index >= 15 is 0 Å². The van der Waals surface area contributed by atoms with E-state index in [2.05, 4.69) is 13.8 Å². The third-order valence-electron chi connectivity index (χ3n) is 5.44. The zero-order valence-electron chi connectivity index (χ0n) is 20.4. The second-order valence-electron chi connectivity index (χ2n) is 9.12. The molecule has 6 nitrogen and oxygen atoms in total. The summed E-state index contributed by atoms with van der Waals surface area (Å²) in [5.41, 5.74) is 2.93. The van der Waals surface area contributed by atoms with Crippen LogP contribution in [0.1, 0.15) is 45.9 Å². The van der Waals surface area contributed by atoms with Crippen LogP contribution < -0.4 is 9.47 Å². The molecule has 0 radical (unpaired) electrons. The van der Waals surface area contributed by atoms with Crippen LogP contribution in [0.15, 0.2) is 54.6 Å². The van der Waals surface area contributed by atoms with Crippen molar-refractivity contribution in [3.63, 3.8) is 0 Å². The summed E-state index contributed by atoms with van der Waals surface area (Å²) in [5, 5.41) is 4.80. The standard InChI is InChI=1S/C27H34N2O4/c1-19(2)17-32-25-12-8-10-22(14-25)26-15-23(18-33-27(4,5)20(3)30)28-29(26)16-21-9-7-11-24(13-21)31-6/h7-15,19H,16-18H2,1-6H3. The Morgan fingerprint density at radius 2 is 1.79 bits per heavy atom. The first-order chi connectivity index (χ1) is 15.7. The van der Waals surface area contributed by atoms with Crippen molar-refractivity contribution >= 4 is 5.78 Å². The largest absolute Gasteiger partial charge is 0.497 e. The molecule has 0 aliphatic rings. The quantitative estimate of drug-likeness (QED) is 0.385. The maximum Gasteiger partial charge on any atom is 0.161 e.